The van der Waals surface area contributed by atoms with E-state index in [0.717, 1.165) is 13.1 Å². The summed E-state index contributed by atoms with van der Waals surface area (Å²) < 4.78 is 0. The van der Waals surface area contributed by atoms with Crippen molar-refractivity contribution in [1.82, 2.24) is 15.2 Å². The number of aromatic nitrogens is 1. The van der Waals surface area contributed by atoms with Gasteiger partial charge in [-0.1, -0.05) is 0 Å². The number of rotatable bonds is 7. The first-order valence-corrected chi connectivity index (χ1v) is 6.81. The van der Waals surface area contributed by atoms with Gasteiger partial charge in [0, 0.05) is 23.2 Å². The van der Waals surface area contributed by atoms with Crippen LogP contribution in [0.25, 0.3) is 0 Å². The molecule has 1 unspecified atom stereocenters. The van der Waals surface area contributed by atoms with Crippen LogP contribution < -0.4 is 5.32 Å². The van der Waals surface area contributed by atoms with Crippen LogP contribution in [-0.4, -0.2) is 36.1 Å². The standard InChI is InChI=1S/C12H23N3S/c1-10(2)15(4)7-5-6-14-11(3)12-8-13-9-16-12/h8-11,14H,5-7H2,1-4H3. The second kappa shape index (κ2) is 6.99. The number of thiazole rings is 1. The molecule has 3 nitrogen and oxygen atoms in total. The maximum Gasteiger partial charge on any atom is 0.0794 e. The Hall–Kier alpha value is -0.450. The van der Waals surface area contributed by atoms with Gasteiger partial charge in [0.05, 0.1) is 5.51 Å². The van der Waals surface area contributed by atoms with E-state index in [1.54, 1.807) is 11.3 Å². The zero-order valence-corrected chi connectivity index (χ0v) is 11.5. The lowest BCUT2D eigenvalue weighted by Gasteiger charge is -2.21. The van der Waals surface area contributed by atoms with Crippen LogP contribution in [0, 0.1) is 0 Å². The molecule has 0 spiro atoms. The fourth-order valence-electron chi connectivity index (χ4n) is 1.45. The van der Waals surface area contributed by atoms with Crippen LogP contribution in [0.2, 0.25) is 0 Å². The predicted octanol–water partition coefficient (Wildman–Crippen LogP) is 2.52. The third kappa shape index (κ3) is 4.60. The Balaban J connectivity index is 2.12. The fourth-order valence-corrected chi connectivity index (χ4v) is 2.10. The van der Waals surface area contributed by atoms with Gasteiger partial charge in [-0.3, -0.25) is 4.98 Å². The van der Waals surface area contributed by atoms with Crippen molar-refractivity contribution in [3.8, 4) is 0 Å². The Labute approximate surface area is 103 Å². The third-order valence-electron chi connectivity index (χ3n) is 2.90. The summed E-state index contributed by atoms with van der Waals surface area (Å²) in [5.74, 6) is 0. The van der Waals surface area contributed by atoms with Crippen molar-refractivity contribution in [2.24, 2.45) is 0 Å². The molecule has 0 aliphatic carbocycles. The summed E-state index contributed by atoms with van der Waals surface area (Å²) in [5, 5.41) is 3.52. The molecule has 0 aliphatic heterocycles. The highest BCUT2D eigenvalue weighted by Crippen LogP contribution is 2.15. The summed E-state index contributed by atoms with van der Waals surface area (Å²) in [5.41, 5.74) is 1.89. The second-order valence-corrected chi connectivity index (χ2v) is 5.43. The van der Waals surface area contributed by atoms with Gasteiger partial charge in [0.2, 0.25) is 0 Å². The van der Waals surface area contributed by atoms with Crippen LogP contribution in [0.5, 0.6) is 0 Å². The molecule has 92 valence electrons. The molecule has 0 saturated carbocycles. The molecule has 16 heavy (non-hydrogen) atoms. The van der Waals surface area contributed by atoms with Gasteiger partial charge in [-0.25, -0.2) is 0 Å². The average molecular weight is 241 g/mol. The summed E-state index contributed by atoms with van der Waals surface area (Å²) in [6.45, 7) is 8.87. The minimum Gasteiger partial charge on any atom is -0.309 e. The summed E-state index contributed by atoms with van der Waals surface area (Å²) in [7, 11) is 2.18. The summed E-state index contributed by atoms with van der Waals surface area (Å²) in [6.07, 6.45) is 3.14. The Bertz CT molecular complexity index is 272. The van der Waals surface area contributed by atoms with E-state index >= 15 is 0 Å². The second-order valence-electron chi connectivity index (χ2n) is 4.51. The van der Waals surface area contributed by atoms with Crippen LogP contribution in [0.15, 0.2) is 11.7 Å². The molecule has 0 aliphatic rings. The van der Waals surface area contributed by atoms with Crippen molar-refractivity contribution in [3.05, 3.63) is 16.6 Å². The number of hydrogen-bond donors (Lipinski definition) is 1. The number of hydrogen-bond acceptors (Lipinski definition) is 4. The van der Waals surface area contributed by atoms with Crippen molar-refractivity contribution >= 4 is 11.3 Å². The van der Waals surface area contributed by atoms with E-state index in [1.165, 1.54) is 11.3 Å². The lowest BCUT2D eigenvalue weighted by molar-refractivity contribution is 0.268. The van der Waals surface area contributed by atoms with Crippen LogP contribution in [0.4, 0.5) is 0 Å². The summed E-state index contributed by atoms with van der Waals surface area (Å²) in [4.78, 5) is 7.78. The molecule has 0 bridgehead atoms. The first kappa shape index (κ1) is 13.6. The largest absolute Gasteiger partial charge is 0.309 e. The Morgan fingerprint density at radius 2 is 2.19 bits per heavy atom. The molecular formula is C12H23N3S. The predicted molar refractivity (Wildman–Crippen MR) is 70.9 cm³/mol. The zero-order valence-electron chi connectivity index (χ0n) is 10.7. The number of nitrogens with one attached hydrogen (secondary N) is 1. The van der Waals surface area contributed by atoms with Gasteiger partial charge in [0.25, 0.3) is 0 Å². The highest BCUT2D eigenvalue weighted by Gasteiger charge is 2.06. The van der Waals surface area contributed by atoms with Gasteiger partial charge in [-0.2, -0.15) is 0 Å². The minimum absolute atomic E-state index is 0.428. The minimum atomic E-state index is 0.428. The first-order chi connectivity index (χ1) is 7.61. The first-order valence-electron chi connectivity index (χ1n) is 5.93. The fraction of sp³-hybridized carbons (Fsp3) is 0.750. The molecule has 1 aromatic heterocycles. The van der Waals surface area contributed by atoms with E-state index in [0.29, 0.717) is 12.1 Å². The van der Waals surface area contributed by atoms with Crippen LogP contribution in [0.3, 0.4) is 0 Å². The molecule has 0 fully saturated rings. The molecule has 1 aromatic rings. The van der Waals surface area contributed by atoms with Crippen molar-refractivity contribution in [2.75, 3.05) is 20.1 Å². The monoisotopic (exact) mass is 241 g/mol. The molecule has 1 heterocycles. The third-order valence-corrected chi connectivity index (χ3v) is 3.86. The van der Waals surface area contributed by atoms with Crippen LogP contribution in [-0.2, 0) is 0 Å². The highest BCUT2D eigenvalue weighted by atomic mass is 32.1. The maximum absolute atomic E-state index is 4.09. The van der Waals surface area contributed by atoms with Gasteiger partial charge in [0.1, 0.15) is 0 Å². The van der Waals surface area contributed by atoms with Crippen LogP contribution >= 0.6 is 11.3 Å². The van der Waals surface area contributed by atoms with Crippen molar-refractivity contribution < 1.29 is 0 Å². The molecular weight excluding hydrogens is 218 g/mol. The molecule has 1 atom stereocenters. The van der Waals surface area contributed by atoms with E-state index < -0.39 is 0 Å². The SMILES string of the molecule is CC(NCCCN(C)C(C)C)c1cncs1. The molecule has 4 heteroatoms. The zero-order chi connectivity index (χ0) is 12.0. The van der Waals surface area contributed by atoms with Gasteiger partial charge >= 0.3 is 0 Å². The molecule has 1 N–H and O–H groups in total. The average Bonchev–Trinajstić information content (AvgIpc) is 2.76. The van der Waals surface area contributed by atoms with Gasteiger partial charge in [-0.15, -0.1) is 11.3 Å². The lowest BCUT2D eigenvalue weighted by atomic mass is 10.2. The van der Waals surface area contributed by atoms with Crippen molar-refractivity contribution in [1.29, 1.82) is 0 Å². The molecule has 0 saturated heterocycles. The Morgan fingerprint density at radius 1 is 1.44 bits per heavy atom. The summed E-state index contributed by atoms with van der Waals surface area (Å²) in [6, 6.07) is 1.07. The molecule has 0 radical (unpaired) electrons. The van der Waals surface area contributed by atoms with Gasteiger partial charge in [0.15, 0.2) is 0 Å². The number of nitrogens with zero attached hydrogens (tertiary/aromatic N) is 2. The van der Waals surface area contributed by atoms with E-state index in [-0.39, 0.29) is 0 Å². The molecule has 1 rings (SSSR count). The van der Waals surface area contributed by atoms with Gasteiger partial charge < -0.3 is 10.2 Å². The van der Waals surface area contributed by atoms with E-state index in [2.05, 4.69) is 43.0 Å². The lowest BCUT2D eigenvalue weighted by Crippen LogP contribution is -2.30. The highest BCUT2D eigenvalue weighted by molar-refractivity contribution is 7.09. The molecule has 0 aromatic carbocycles. The van der Waals surface area contributed by atoms with E-state index in [1.807, 2.05) is 11.7 Å². The quantitative estimate of drug-likeness (QED) is 0.744. The van der Waals surface area contributed by atoms with Gasteiger partial charge in [-0.05, 0) is 47.3 Å². The Kier molecular flexibility index (Phi) is 5.95. The van der Waals surface area contributed by atoms with Crippen molar-refractivity contribution in [2.45, 2.75) is 39.3 Å². The summed E-state index contributed by atoms with van der Waals surface area (Å²) >= 11 is 1.72. The van der Waals surface area contributed by atoms with E-state index in [9.17, 15) is 0 Å². The smallest absolute Gasteiger partial charge is 0.0794 e. The van der Waals surface area contributed by atoms with Crippen LogP contribution in [0.1, 0.15) is 38.1 Å². The topological polar surface area (TPSA) is 28.2 Å². The normalized spacial score (nSPS) is 13.6. The maximum atomic E-state index is 4.09. The molecule has 0 amide bonds. The Morgan fingerprint density at radius 3 is 2.75 bits per heavy atom. The van der Waals surface area contributed by atoms with E-state index in [4.69, 9.17) is 0 Å². The van der Waals surface area contributed by atoms with Crippen molar-refractivity contribution in [3.63, 3.8) is 0 Å².